The van der Waals surface area contributed by atoms with E-state index in [1.807, 2.05) is 0 Å². The minimum Gasteiger partial charge on any atom is -0.395 e. The van der Waals surface area contributed by atoms with Crippen molar-refractivity contribution < 1.29 is 5.11 Å². The van der Waals surface area contributed by atoms with Crippen molar-refractivity contribution in [3.63, 3.8) is 0 Å². The summed E-state index contributed by atoms with van der Waals surface area (Å²) < 4.78 is 0. The van der Waals surface area contributed by atoms with Crippen molar-refractivity contribution in [2.75, 3.05) is 20.2 Å². The maximum absolute atomic E-state index is 9.17. The highest BCUT2D eigenvalue weighted by Gasteiger charge is 2.25. The highest BCUT2D eigenvalue weighted by atomic mass is 16.3. The summed E-state index contributed by atoms with van der Waals surface area (Å²) in [6.45, 7) is 3.05. The molecule has 3 atom stereocenters. The maximum Gasteiger partial charge on any atom is 0.0599 e. The fraction of sp³-hybridized carbons (Fsp3) is 1.00. The zero-order valence-electron chi connectivity index (χ0n) is 9.45. The number of hydrogen-bond acceptors (Lipinski definition) is 3. The summed E-state index contributed by atoms with van der Waals surface area (Å²) >= 11 is 0. The molecule has 0 saturated heterocycles. The van der Waals surface area contributed by atoms with Crippen LogP contribution in [0, 0.1) is 5.92 Å². The third kappa shape index (κ3) is 2.94. The van der Waals surface area contributed by atoms with Gasteiger partial charge in [0.15, 0.2) is 0 Å². The van der Waals surface area contributed by atoms with E-state index in [4.69, 9.17) is 5.73 Å². The van der Waals surface area contributed by atoms with Gasteiger partial charge in [-0.2, -0.15) is 0 Å². The molecule has 0 bridgehead atoms. The molecule has 0 radical (unpaired) electrons. The van der Waals surface area contributed by atoms with Crippen LogP contribution in [0.25, 0.3) is 0 Å². The summed E-state index contributed by atoms with van der Waals surface area (Å²) in [4.78, 5) is 2.27. The number of nitrogens with two attached hydrogens (primary N) is 1. The van der Waals surface area contributed by atoms with Crippen LogP contribution >= 0.6 is 0 Å². The second-order valence-electron chi connectivity index (χ2n) is 4.66. The van der Waals surface area contributed by atoms with Gasteiger partial charge in [-0.3, -0.25) is 4.90 Å². The average molecular weight is 200 g/mol. The summed E-state index contributed by atoms with van der Waals surface area (Å²) in [6, 6.07) is 0.768. The first kappa shape index (κ1) is 12.0. The summed E-state index contributed by atoms with van der Waals surface area (Å²) in [5.74, 6) is 0.827. The fourth-order valence-corrected chi connectivity index (χ4v) is 2.44. The zero-order chi connectivity index (χ0) is 10.6. The predicted octanol–water partition coefficient (Wildman–Crippen LogP) is 0.817. The van der Waals surface area contributed by atoms with Gasteiger partial charge in [-0.1, -0.05) is 19.8 Å². The van der Waals surface area contributed by atoms with Gasteiger partial charge in [0.2, 0.25) is 0 Å². The van der Waals surface area contributed by atoms with E-state index in [1.165, 1.54) is 25.7 Å². The molecule has 1 fully saturated rings. The van der Waals surface area contributed by atoms with E-state index in [-0.39, 0.29) is 12.6 Å². The van der Waals surface area contributed by atoms with Crippen molar-refractivity contribution >= 4 is 0 Å². The van der Waals surface area contributed by atoms with E-state index in [0.29, 0.717) is 12.6 Å². The van der Waals surface area contributed by atoms with Crippen LogP contribution in [0.5, 0.6) is 0 Å². The molecule has 1 aliphatic rings. The van der Waals surface area contributed by atoms with Crippen LogP contribution in [-0.2, 0) is 0 Å². The molecule has 0 aromatic heterocycles. The summed E-state index contributed by atoms with van der Waals surface area (Å²) in [6.07, 6.45) is 5.19. The lowest BCUT2D eigenvalue weighted by atomic mass is 9.86. The molecule has 1 saturated carbocycles. The molecular weight excluding hydrogens is 176 g/mol. The minimum atomic E-state index is 0.144. The molecule has 0 amide bonds. The Labute approximate surface area is 87.3 Å². The number of rotatable bonds is 4. The SMILES string of the molecule is CC1CCCC(N(C)C(CN)CO)C1. The quantitative estimate of drug-likeness (QED) is 0.706. The van der Waals surface area contributed by atoms with Crippen LogP contribution in [0.3, 0.4) is 0 Å². The van der Waals surface area contributed by atoms with Gasteiger partial charge >= 0.3 is 0 Å². The topological polar surface area (TPSA) is 49.5 Å². The Kier molecular flexibility index (Phi) is 4.85. The monoisotopic (exact) mass is 200 g/mol. The standard InChI is InChI=1S/C11H24N2O/c1-9-4-3-5-10(6-9)13(2)11(7-12)8-14/h9-11,14H,3-8,12H2,1-2H3. The Morgan fingerprint density at radius 2 is 2.21 bits per heavy atom. The van der Waals surface area contributed by atoms with Crippen molar-refractivity contribution in [2.24, 2.45) is 11.7 Å². The normalized spacial score (nSPS) is 30.6. The first-order chi connectivity index (χ1) is 6.69. The van der Waals surface area contributed by atoms with Gasteiger partial charge in [-0.25, -0.2) is 0 Å². The lowest BCUT2D eigenvalue weighted by Crippen LogP contribution is -2.47. The van der Waals surface area contributed by atoms with Crippen LogP contribution in [0.1, 0.15) is 32.6 Å². The minimum absolute atomic E-state index is 0.144. The molecule has 14 heavy (non-hydrogen) atoms. The molecular formula is C11H24N2O. The molecule has 0 aromatic rings. The lowest BCUT2D eigenvalue weighted by Gasteiger charge is -2.38. The zero-order valence-corrected chi connectivity index (χ0v) is 9.45. The van der Waals surface area contributed by atoms with E-state index in [2.05, 4.69) is 18.9 Å². The Balaban J connectivity index is 2.45. The van der Waals surface area contributed by atoms with Gasteiger partial charge in [0.25, 0.3) is 0 Å². The summed E-state index contributed by atoms with van der Waals surface area (Å²) in [7, 11) is 2.09. The van der Waals surface area contributed by atoms with Crippen molar-refractivity contribution in [3.05, 3.63) is 0 Å². The van der Waals surface area contributed by atoms with Gasteiger partial charge in [0.1, 0.15) is 0 Å². The van der Waals surface area contributed by atoms with Gasteiger partial charge < -0.3 is 10.8 Å². The molecule has 3 unspecified atom stereocenters. The second-order valence-corrected chi connectivity index (χ2v) is 4.66. The molecule has 0 heterocycles. The first-order valence-electron chi connectivity index (χ1n) is 5.71. The smallest absolute Gasteiger partial charge is 0.0599 e. The molecule has 0 aromatic carbocycles. The molecule has 1 aliphatic carbocycles. The summed E-state index contributed by atoms with van der Waals surface area (Å²) in [5.41, 5.74) is 5.62. The molecule has 3 N–H and O–H groups in total. The Hall–Kier alpha value is -0.120. The molecule has 0 spiro atoms. The second kappa shape index (κ2) is 5.69. The molecule has 1 rings (SSSR count). The van der Waals surface area contributed by atoms with Crippen LogP contribution in [0.15, 0.2) is 0 Å². The Bertz CT molecular complexity index is 159. The Morgan fingerprint density at radius 1 is 1.50 bits per heavy atom. The van der Waals surface area contributed by atoms with E-state index < -0.39 is 0 Å². The van der Waals surface area contributed by atoms with Crippen LogP contribution in [-0.4, -0.2) is 42.3 Å². The Morgan fingerprint density at radius 3 is 2.71 bits per heavy atom. The first-order valence-corrected chi connectivity index (χ1v) is 5.71. The highest BCUT2D eigenvalue weighted by Crippen LogP contribution is 2.27. The highest BCUT2D eigenvalue weighted by molar-refractivity contribution is 4.81. The van der Waals surface area contributed by atoms with Gasteiger partial charge in [0.05, 0.1) is 6.61 Å². The van der Waals surface area contributed by atoms with Gasteiger partial charge in [0, 0.05) is 18.6 Å². The van der Waals surface area contributed by atoms with Crippen LogP contribution < -0.4 is 5.73 Å². The average Bonchev–Trinajstić information content (AvgIpc) is 2.19. The molecule has 3 nitrogen and oxygen atoms in total. The lowest BCUT2D eigenvalue weighted by molar-refractivity contribution is 0.0824. The number of likely N-dealkylation sites (N-methyl/N-ethyl adjacent to an activating group) is 1. The van der Waals surface area contributed by atoms with Crippen molar-refractivity contribution in [1.29, 1.82) is 0 Å². The van der Waals surface area contributed by atoms with E-state index in [0.717, 1.165) is 5.92 Å². The third-order valence-electron chi connectivity index (χ3n) is 3.54. The maximum atomic E-state index is 9.17. The fourth-order valence-electron chi connectivity index (χ4n) is 2.44. The molecule has 3 heteroatoms. The van der Waals surface area contributed by atoms with E-state index in [9.17, 15) is 5.11 Å². The number of aliphatic hydroxyl groups is 1. The van der Waals surface area contributed by atoms with Crippen molar-refractivity contribution in [2.45, 2.75) is 44.7 Å². The van der Waals surface area contributed by atoms with Crippen molar-refractivity contribution in [3.8, 4) is 0 Å². The number of nitrogens with zero attached hydrogens (tertiary/aromatic N) is 1. The van der Waals surface area contributed by atoms with Gasteiger partial charge in [-0.05, 0) is 25.8 Å². The van der Waals surface area contributed by atoms with Crippen LogP contribution in [0.4, 0.5) is 0 Å². The largest absolute Gasteiger partial charge is 0.395 e. The van der Waals surface area contributed by atoms with E-state index in [1.54, 1.807) is 0 Å². The van der Waals surface area contributed by atoms with E-state index >= 15 is 0 Å². The van der Waals surface area contributed by atoms with Crippen LogP contribution in [0.2, 0.25) is 0 Å². The summed E-state index contributed by atoms with van der Waals surface area (Å²) in [5, 5.41) is 9.17. The molecule has 84 valence electrons. The number of aliphatic hydroxyl groups excluding tert-OH is 1. The predicted molar refractivity (Wildman–Crippen MR) is 59.1 cm³/mol. The molecule has 0 aliphatic heterocycles. The van der Waals surface area contributed by atoms with Gasteiger partial charge in [-0.15, -0.1) is 0 Å². The van der Waals surface area contributed by atoms with Crippen molar-refractivity contribution in [1.82, 2.24) is 4.90 Å². The third-order valence-corrected chi connectivity index (χ3v) is 3.54. The number of hydrogen-bond donors (Lipinski definition) is 2.